The molecule has 116 valence electrons. The van der Waals surface area contributed by atoms with E-state index >= 15 is 0 Å². The number of aliphatic carboxylic acids is 1. The van der Waals surface area contributed by atoms with Crippen molar-refractivity contribution in [3.05, 3.63) is 29.6 Å². The molecule has 0 aliphatic heterocycles. The van der Waals surface area contributed by atoms with Gasteiger partial charge in [-0.05, 0) is 37.5 Å². The van der Waals surface area contributed by atoms with Gasteiger partial charge in [-0.25, -0.2) is 9.18 Å². The van der Waals surface area contributed by atoms with Crippen LogP contribution >= 0.6 is 0 Å². The predicted molar refractivity (Wildman–Crippen MR) is 78.9 cm³/mol. The van der Waals surface area contributed by atoms with Gasteiger partial charge in [-0.1, -0.05) is 18.9 Å². The van der Waals surface area contributed by atoms with E-state index in [0.717, 1.165) is 24.8 Å². The number of nitrogens with one attached hydrogen (secondary N) is 2. The summed E-state index contributed by atoms with van der Waals surface area (Å²) < 4.78 is 13.4. The van der Waals surface area contributed by atoms with E-state index in [0.29, 0.717) is 13.0 Å². The Kier molecular flexibility index (Phi) is 7.21. The summed E-state index contributed by atoms with van der Waals surface area (Å²) in [6.45, 7) is 2.30. The monoisotopic (exact) mass is 296 g/mol. The van der Waals surface area contributed by atoms with E-state index in [4.69, 9.17) is 5.11 Å². The molecule has 0 radical (unpaired) electrons. The van der Waals surface area contributed by atoms with Gasteiger partial charge in [0.2, 0.25) is 0 Å². The number of benzene rings is 1. The Hall–Kier alpha value is -2.11. The number of carboxylic acid groups (broad SMARTS) is 1. The molecule has 1 rings (SSSR count). The van der Waals surface area contributed by atoms with Crippen molar-refractivity contribution in [3.63, 3.8) is 0 Å². The molecule has 21 heavy (non-hydrogen) atoms. The third-order valence-electron chi connectivity index (χ3n) is 2.97. The molecule has 0 heterocycles. The number of halogens is 1. The lowest BCUT2D eigenvalue weighted by Crippen LogP contribution is -2.29. The van der Waals surface area contributed by atoms with E-state index in [1.807, 2.05) is 6.92 Å². The van der Waals surface area contributed by atoms with Gasteiger partial charge in [-0.2, -0.15) is 0 Å². The van der Waals surface area contributed by atoms with E-state index in [9.17, 15) is 14.0 Å². The van der Waals surface area contributed by atoms with Gasteiger partial charge in [0.15, 0.2) is 0 Å². The minimum atomic E-state index is -0.785. The number of carboxylic acids is 1. The third-order valence-corrected chi connectivity index (χ3v) is 2.97. The van der Waals surface area contributed by atoms with Gasteiger partial charge in [-0.3, -0.25) is 4.79 Å². The Balaban J connectivity index is 2.17. The van der Waals surface area contributed by atoms with Crippen molar-refractivity contribution < 1.29 is 19.1 Å². The fourth-order valence-electron chi connectivity index (χ4n) is 1.86. The molecule has 0 atom stereocenters. The summed E-state index contributed by atoms with van der Waals surface area (Å²) >= 11 is 0. The predicted octanol–water partition coefficient (Wildman–Crippen LogP) is 3.29. The average Bonchev–Trinajstić information content (AvgIpc) is 2.41. The molecule has 1 aromatic carbocycles. The molecule has 0 fully saturated rings. The Morgan fingerprint density at radius 3 is 2.62 bits per heavy atom. The lowest BCUT2D eigenvalue weighted by atomic mass is 10.1. The lowest BCUT2D eigenvalue weighted by molar-refractivity contribution is -0.137. The highest BCUT2D eigenvalue weighted by molar-refractivity contribution is 5.89. The van der Waals surface area contributed by atoms with Gasteiger partial charge >= 0.3 is 12.0 Å². The van der Waals surface area contributed by atoms with Crippen LogP contribution in [-0.4, -0.2) is 23.7 Å². The molecular formula is C15H21FN2O3. The molecule has 0 saturated carbocycles. The topological polar surface area (TPSA) is 78.4 Å². The molecule has 0 aromatic heterocycles. The molecule has 0 aliphatic rings. The van der Waals surface area contributed by atoms with Crippen LogP contribution in [0, 0.1) is 12.7 Å². The third kappa shape index (κ3) is 7.29. The number of carbonyl (C=O) groups is 2. The summed E-state index contributed by atoms with van der Waals surface area (Å²) in [5, 5.41) is 13.6. The second-order valence-corrected chi connectivity index (χ2v) is 4.92. The molecule has 6 heteroatoms. The number of anilines is 1. The van der Waals surface area contributed by atoms with Crippen LogP contribution in [0.4, 0.5) is 14.9 Å². The fourth-order valence-corrected chi connectivity index (χ4v) is 1.86. The quantitative estimate of drug-likeness (QED) is 0.644. The SMILES string of the molecule is Cc1ccc(F)c(NC(=O)NCCCCCCC(=O)O)c1. The zero-order valence-electron chi connectivity index (χ0n) is 12.1. The minimum absolute atomic E-state index is 0.161. The van der Waals surface area contributed by atoms with E-state index in [-0.39, 0.29) is 12.1 Å². The molecule has 5 nitrogen and oxygen atoms in total. The summed E-state index contributed by atoms with van der Waals surface area (Å²) in [7, 11) is 0. The molecule has 0 bridgehead atoms. The number of urea groups is 1. The van der Waals surface area contributed by atoms with E-state index in [1.54, 1.807) is 12.1 Å². The number of amides is 2. The van der Waals surface area contributed by atoms with Gasteiger partial charge in [0, 0.05) is 13.0 Å². The first-order chi connectivity index (χ1) is 9.99. The van der Waals surface area contributed by atoms with Gasteiger partial charge in [0.1, 0.15) is 5.82 Å². The van der Waals surface area contributed by atoms with Crippen LogP contribution in [0.5, 0.6) is 0 Å². The van der Waals surface area contributed by atoms with Crippen LogP contribution < -0.4 is 10.6 Å². The molecular weight excluding hydrogens is 275 g/mol. The van der Waals surface area contributed by atoms with Gasteiger partial charge < -0.3 is 15.7 Å². The van der Waals surface area contributed by atoms with Crippen LogP contribution in [0.15, 0.2) is 18.2 Å². The number of unbranched alkanes of at least 4 members (excludes halogenated alkanes) is 3. The van der Waals surface area contributed by atoms with Crippen molar-refractivity contribution in [3.8, 4) is 0 Å². The normalized spacial score (nSPS) is 10.2. The maximum absolute atomic E-state index is 13.4. The maximum Gasteiger partial charge on any atom is 0.319 e. The minimum Gasteiger partial charge on any atom is -0.481 e. The fraction of sp³-hybridized carbons (Fsp3) is 0.467. The highest BCUT2D eigenvalue weighted by Crippen LogP contribution is 2.15. The second-order valence-electron chi connectivity index (χ2n) is 4.92. The number of rotatable bonds is 8. The van der Waals surface area contributed by atoms with E-state index < -0.39 is 17.8 Å². The Bertz CT molecular complexity index is 492. The van der Waals surface area contributed by atoms with Gasteiger partial charge in [0.05, 0.1) is 5.69 Å². The number of aryl methyl sites for hydroxylation is 1. The molecule has 2 amide bonds. The first-order valence-corrected chi connectivity index (χ1v) is 7.02. The summed E-state index contributed by atoms with van der Waals surface area (Å²) in [4.78, 5) is 21.9. The van der Waals surface area contributed by atoms with Crippen molar-refractivity contribution in [2.45, 2.75) is 39.0 Å². The van der Waals surface area contributed by atoms with Crippen LogP contribution in [0.3, 0.4) is 0 Å². The number of hydrogen-bond donors (Lipinski definition) is 3. The van der Waals surface area contributed by atoms with Crippen LogP contribution in [-0.2, 0) is 4.79 Å². The maximum atomic E-state index is 13.4. The van der Waals surface area contributed by atoms with E-state index in [1.165, 1.54) is 6.07 Å². The molecule has 0 spiro atoms. The van der Waals surface area contributed by atoms with Gasteiger partial charge in [-0.15, -0.1) is 0 Å². The van der Waals surface area contributed by atoms with Crippen LogP contribution in [0.1, 0.15) is 37.7 Å². The summed E-state index contributed by atoms with van der Waals surface area (Å²) in [5.41, 5.74) is 1.03. The van der Waals surface area contributed by atoms with Crippen molar-refractivity contribution in [1.82, 2.24) is 5.32 Å². The molecule has 0 aliphatic carbocycles. The number of carbonyl (C=O) groups excluding carboxylic acids is 1. The Morgan fingerprint density at radius 2 is 1.90 bits per heavy atom. The second kappa shape index (κ2) is 8.94. The Labute approximate surface area is 123 Å². The van der Waals surface area contributed by atoms with Crippen molar-refractivity contribution in [2.24, 2.45) is 0 Å². The number of hydrogen-bond acceptors (Lipinski definition) is 2. The van der Waals surface area contributed by atoms with E-state index in [2.05, 4.69) is 10.6 Å². The van der Waals surface area contributed by atoms with Crippen molar-refractivity contribution >= 4 is 17.7 Å². The van der Waals surface area contributed by atoms with Gasteiger partial charge in [0.25, 0.3) is 0 Å². The lowest BCUT2D eigenvalue weighted by Gasteiger charge is -2.09. The molecule has 1 aromatic rings. The molecule has 3 N–H and O–H groups in total. The average molecular weight is 296 g/mol. The highest BCUT2D eigenvalue weighted by Gasteiger charge is 2.06. The largest absolute Gasteiger partial charge is 0.481 e. The zero-order valence-corrected chi connectivity index (χ0v) is 12.1. The van der Waals surface area contributed by atoms with Crippen LogP contribution in [0.2, 0.25) is 0 Å². The standard InChI is InChI=1S/C15H21FN2O3/c1-11-7-8-12(16)13(10-11)18-15(21)17-9-5-3-2-4-6-14(19)20/h7-8,10H,2-6,9H2,1H3,(H,19,20)(H2,17,18,21). The smallest absolute Gasteiger partial charge is 0.319 e. The van der Waals surface area contributed by atoms with Crippen molar-refractivity contribution in [2.75, 3.05) is 11.9 Å². The Morgan fingerprint density at radius 1 is 1.19 bits per heavy atom. The first kappa shape index (κ1) is 16.9. The first-order valence-electron chi connectivity index (χ1n) is 7.02. The highest BCUT2D eigenvalue weighted by atomic mass is 19.1. The zero-order chi connectivity index (χ0) is 15.7. The summed E-state index contributed by atoms with van der Waals surface area (Å²) in [6.07, 6.45) is 3.27. The molecule has 0 unspecified atom stereocenters. The molecule has 0 saturated heterocycles. The summed E-state index contributed by atoms with van der Waals surface area (Å²) in [5.74, 6) is -1.25. The van der Waals surface area contributed by atoms with Crippen LogP contribution in [0.25, 0.3) is 0 Å². The summed E-state index contributed by atoms with van der Waals surface area (Å²) in [6, 6.07) is 4.08. The van der Waals surface area contributed by atoms with Crippen molar-refractivity contribution in [1.29, 1.82) is 0 Å².